The van der Waals surface area contributed by atoms with Gasteiger partial charge < -0.3 is 10.8 Å². The van der Waals surface area contributed by atoms with E-state index < -0.39 is 17.2 Å². The van der Waals surface area contributed by atoms with Crippen LogP contribution >= 0.6 is 0 Å². The number of aliphatic hydroxyl groups is 1. The standard InChI is InChI=1S/C13H17F2NO/c14-11-3-1-2-9(12(11)15)8-13(17)6-4-10(16)5-7-13/h1-3,10,17H,4-8,16H2. The fourth-order valence-electron chi connectivity index (χ4n) is 2.39. The second-order valence-corrected chi connectivity index (χ2v) is 4.95. The largest absolute Gasteiger partial charge is 0.390 e. The van der Waals surface area contributed by atoms with Crippen molar-refractivity contribution in [3.63, 3.8) is 0 Å². The maximum Gasteiger partial charge on any atom is 0.162 e. The summed E-state index contributed by atoms with van der Waals surface area (Å²) in [5, 5.41) is 10.3. The lowest BCUT2D eigenvalue weighted by Crippen LogP contribution is -2.40. The molecule has 0 aromatic heterocycles. The van der Waals surface area contributed by atoms with Gasteiger partial charge in [-0.05, 0) is 37.3 Å². The van der Waals surface area contributed by atoms with Gasteiger partial charge in [-0.1, -0.05) is 12.1 Å². The fraction of sp³-hybridized carbons (Fsp3) is 0.538. The van der Waals surface area contributed by atoms with Crippen LogP contribution in [-0.2, 0) is 6.42 Å². The monoisotopic (exact) mass is 241 g/mol. The molecule has 3 N–H and O–H groups in total. The summed E-state index contributed by atoms with van der Waals surface area (Å²) in [7, 11) is 0. The minimum absolute atomic E-state index is 0.118. The maximum atomic E-state index is 13.5. The molecule has 17 heavy (non-hydrogen) atoms. The highest BCUT2D eigenvalue weighted by molar-refractivity contribution is 5.21. The summed E-state index contributed by atoms with van der Waals surface area (Å²) in [6, 6.07) is 4.18. The molecule has 1 aliphatic carbocycles. The molecule has 0 heterocycles. The van der Waals surface area contributed by atoms with E-state index in [0.29, 0.717) is 12.8 Å². The molecule has 0 radical (unpaired) electrons. The molecule has 1 aliphatic rings. The minimum Gasteiger partial charge on any atom is -0.390 e. The fourth-order valence-corrected chi connectivity index (χ4v) is 2.39. The van der Waals surface area contributed by atoms with Crippen molar-refractivity contribution >= 4 is 0 Å². The third kappa shape index (κ3) is 2.82. The van der Waals surface area contributed by atoms with Crippen LogP contribution in [0.2, 0.25) is 0 Å². The Morgan fingerprint density at radius 2 is 1.94 bits per heavy atom. The van der Waals surface area contributed by atoms with E-state index in [1.54, 1.807) is 0 Å². The van der Waals surface area contributed by atoms with Gasteiger partial charge in [0.1, 0.15) is 0 Å². The van der Waals surface area contributed by atoms with Crippen LogP contribution in [0.1, 0.15) is 31.2 Å². The van der Waals surface area contributed by atoms with Gasteiger partial charge in [-0.2, -0.15) is 0 Å². The first-order chi connectivity index (χ1) is 8.00. The van der Waals surface area contributed by atoms with Crippen molar-refractivity contribution in [2.75, 3.05) is 0 Å². The van der Waals surface area contributed by atoms with Crippen molar-refractivity contribution in [2.45, 2.75) is 43.7 Å². The number of halogens is 2. The number of nitrogens with two attached hydrogens (primary N) is 1. The SMILES string of the molecule is NC1CCC(O)(Cc2cccc(F)c2F)CC1. The van der Waals surface area contributed by atoms with Crippen LogP contribution in [0, 0.1) is 11.6 Å². The summed E-state index contributed by atoms with van der Waals surface area (Å²) in [4.78, 5) is 0. The van der Waals surface area contributed by atoms with Crippen molar-refractivity contribution in [1.82, 2.24) is 0 Å². The molecule has 0 spiro atoms. The first kappa shape index (κ1) is 12.5. The highest BCUT2D eigenvalue weighted by Gasteiger charge is 2.33. The molecular formula is C13H17F2NO. The minimum atomic E-state index is -0.940. The topological polar surface area (TPSA) is 46.2 Å². The Balaban J connectivity index is 2.12. The van der Waals surface area contributed by atoms with Crippen LogP contribution in [0.25, 0.3) is 0 Å². The summed E-state index contributed by atoms with van der Waals surface area (Å²) in [5.41, 5.74) is 5.06. The molecule has 1 aromatic rings. The molecule has 0 amide bonds. The third-order valence-corrected chi connectivity index (χ3v) is 3.51. The van der Waals surface area contributed by atoms with Crippen molar-refractivity contribution in [3.8, 4) is 0 Å². The molecule has 0 unspecified atom stereocenters. The van der Waals surface area contributed by atoms with Gasteiger partial charge in [0.25, 0.3) is 0 Å². The molecule has 0 bridgehead atoms. The molecule has 2 nitrogen and oxygen atoms in total. The highest BCUT2D eigenvalue weighted by atomic mass is 19.2. The van der Waals surface area contributed by atoms with Gasteiger partial charge in [0.05, 0.1) is 5.60 Å². The smallest absolute Gasteiger partial charge is 0.162 e. The molecule has 0 aliphatic heterocycles. The normalized spacial score (nSPS) is 29.3. The lowest BCUT2D eigenvalue weighted by atomic mass is 9.78. The molecule has 1 fully saturated rings. The van der Waals surface area contributed by atoms with Crippen LogP contribution in [0.15, 0.2) is 18.2 Å². The van der Waals surface area contributed by atoms with Gasteiger partial charge in [0.15, 0.2) is 11.6 Å². The van der Waals surface area contributed by atoms with Crippen LogP contribution in [0.5, 0.6) is 0 Å². The van der Waals surface area contributed by atoms with Gasteiger partial charge in [-0.3, -0.25) is 0 Å². The molecule has 1 aromatic carbocycles. The van der Waals surface area contributed by atoms with Crippen molar-refractivity contribution in [3.05, 3.63) is 35.4 Å². The molecular weight excluding hydrogens is 224 g/mol. The number of hydrogen-bond acceptors (Lipinski definition) is 2. The van der Waals surface area contributed by atoms with Crippen LogP contribution < -0.4 is 5.73 Å². The van der Waals surface area contributed by atoms with E-state index in [2.05, 4.69) is 0 Å². The first-order valence-electron chi connectivity index (χ1n) is 5.91. The number of benzene rings is 1. The molecule has 1 saturated carbocycles. The molecule has 0 atom stereocenters. The zero-order chi connectivity index (χ0) is 12.5. The van der Waals surface area contributed by atoms with E-state index in [1.165, 1.54) is 12.1 Å². The summed E-state index contributed by atoms with van der Waals surface area (Å²) in [6.45, 7) is 0. The van der Waals surface area contributed by atoms with Gasteiger partial charge in [0.2, 0.25) is 0 Å². The molecule has 0 saturated heterocycles. The average molecular weight is 241 g/mol. The summed E-state index contributed by atoms with van der Waals surface area (Å²) in [5.74, 6) is -1.71. The molecule has 4 heteroatoms. The molecule has 2 rings (SSSR count). The van der Waals surface area contributed by atoms with E-state index in [0.717, 1.165) is 18.9 Å². The van der Waals surface area contributed by atoms with Crippen LogP contribution in [-0.4, -0.2) is 16.7 Å². The van der Waals surface area contributed by atoms with Gasteiger partial charge in [-0.15, -0.1) is 0 Å². The van der Waals surface area contributed by atoms with Gasteiger partial charge in [0, 0.05) is 12.5 Å². The summed E-state index contributed by atoms with van der Waals surface area (Å²) in [6.07, 6.45) is 2.71. The van der Waals surface area contributed by atoms with Crippen molar-refractivity contribution in [2.24, 2.45) is 5.73 Å². The number of rotatable bonds is 2. The quantitative estimate of drug-likeness (QED) is 0.833. The van der Waals surface area contributed by atoms with Crippen molar-refractivity contribution in [1.29, 1.82) is 0 Å². The second kappa shape index (κ2) is 4.70. The number of hydrogen-bond donors (Lipinski definition) is 2. The first-order valence-corrected chi connectivity index (χ1v) is 5.91. The van der Waals surface area contributed by atoms with Crippen LogP contribution in [0.3, 0.4) is 0 Å². The van der Waals surface area contributed by atoms with E-state index in [-0.39, 0.29) is 18.0 Å². The predicted octanol–water partition coefficient (Wildman–Crippen LogP) is 2.14. The highest BCUT2D eigenvalue weighted by Crippen LogP contribution is 2.31. The second-order valence-electron chi connectivity index (χ2n) is 4.95. The Bertz CT molecular complexity index is 400. The van der Waals surface area contributed by atoms with Gasteiger partial charge >= 0.3 is 0 Å². The zero-order valence-corrected chi connectivity index (χ0v) is 9.63. The Morgan fingerprint density at radius 1 is 1.29 bits per heavy atom. The van der Waals surface area contributed by atoms with Crippen molar-refractivity contribution < 1.29 is 13.9 Å². The van der Waals surface area contributed by atoms with E-state index >= 15 is 0 Å². The Kier molecular flexibility index (Phi) is 3.45. The molecule has 94 valence electrons. The maximum absolute atomic E-state index is 13.5. The third-order valence-electron chi connectivity index (χ3n) is 3.51. The lowest BCUT2D eigenvalue weighted by Gasteiger charge is -2.35. The summed E-state index contributed by atoms with van der Waals surface area (Å²) < 4.78 is 26.5. The Hall–Kier alpha value is -1.00. The van der Waals surface area contributed by atoms with E-state index in [4.69, 9.17) is 5.73 Å². The Morgan fingerprint density at radius 3 is 2.59 bits per heavy atom. The van der Waals surface area contributed by atoms with E-state index in [9.17, 15) is 13.9 Å². The average Bonchev–Trinajstić information content (AvgIpc) is 2.30. The van der Waals surface area contributed by atoms with Gasteiger partial charge in [-0.25, -0.2) is 8.78 Å². The van der Waals surface area contributed by atoms with Crippen LogP contribution in [0.4, 0.5) is 8.78 Å². The zero-order valence-electron chi connectivity index (χ0n) is 9.63. The Labute approximate surface area is 99.4 Å². The summed E-state index contributed by atoms with van der Waals surface area (Å²) >= 11 is 0. The lowest BCUT2D eigenvalue weighted by molar-refractivity contribution is -0.000555. The predicted molar refractivity (Wildman–Crippen MR) is 61.5 cm³/mol. The van der Waals surface area contributed by atoms with E-state index in [1.807, 2.05) is 0 Å².